The molecule has 0 aromatic heterocycles. The van der Waals surface area contributed by atoms with E-state index < -0.39 is 0 Å². The van der Waals surface area contributed by atoms with E-state index in [9.17, 15) is 4.79 Å². The Bertz CT molecular complexity index is 636. The summed E-state index contributed by atoms with van der Waals surface area (Å²) in [6.07, 6.45) is 0. The molecule has 0 atom stereocenters. The number of aryl methyl sites for hydroxylation is 1. The molecule has 0 saturated carbocycles. The van der Waals surface area contributed by atoms with Gasteiger partial charge in [-0.25, -0.2) is 0 Å². The summed E-state index contributed by atoms with van der Waals surface area (Å²) in [6.45, 7) is 2.52. The fraction of sp³-hybridized carbons (Fsp3) is 0.235. The van der Waals surface area contributed by atoms with Crippen LogP contribution in [0.3, 0.4) is 0 Å². The molecule has 110 valence electrons. The van der Waals surface area contributed by atoms with Gasteiger partial charge < -0.3 is 10.2 Å². The van der Waals surface area contributed by atoms with E-state index in [1.165, 1.54) is 0 Å². The number of benzene rings is 2. The van der Waals surface area contributed by atoms with E-state index in [-0.39, 0.29) is 5.91 Å². The first-order chi connectivity index (χ1) is 9.97. The SMILES string of the molecule is Cc1ccc(C(=O)NCc2ccc(N(C)C)cc2)c(Br)c1. The zero-order valence-corrected chi connectivity index (χ0v) is 14.1. The van der Waals surface area contributed by atoms with Crippen molar-refractivity contribution in [2.45, 2.75) is 13.5 Å². The van der Waals surface area contributed by atoms with Gasteiger partial charge in [0.25, 0.3) is 5.91 Å². The highest BCUT2D eigenvalue weighted by molar-refractivity contribution is 9.10. The standard InChI is InChI=1S/C17H19BrN2O/c1-12-4-9-15(16(18)10-12)17(21)19-11-13-5-7-14(8-6-13)20(2)3/h4-10H,11H2,1-3H3,(H,19,21). The Labute approximate surface area is 134 Å². The Morgan fingerprint density at radius 2 is 1.81 bits per heavy atom. The lowest BCUT2D eigenvalue weighted by Crippen LogP contribution is -2.23. The van der Waals surface area contributed by atoms with Crippen LogP contribution in [0, 0.1) is 6.92 Å². The van der Waals surface area contributed by atoms with E-state index in [0.717, 1.165) is 21.3 Å². The van der Waals surface area contributed by atoms with Gasteiger partial charge in [0.2, 0.25) is 0 Å². The van der Waals surface area contributed by atoms with Gasteiger partial charge in [-0.3, -0.25) is 4.79 Å². The molecule has 4 heteroatoms. The van der Waals surface area contributed by atoms with Crippen molar-refractivity contribution in [2.75, 3.05) is 19.0 Å². The molecule has 21 heavy (non-hydrogen) atoms. The summed E-state index contributed by atoms with van der Waals surface area (Å²) in [5.74, 6) is -0.0708. The molecular formula is C17H19BrN2O. The van der Waals surface area contributed by atoms with Crippen LogP contribution in [-0.4, -0.2) is 20.0 Å². The van der Waals surface area contributed by atoms with Gasteiger partial charge in [0.15, 0.2) is 0 Å². The molecule has 1 N–H and O–H groups in total. The van der Waals surface area contributed by atoms with Gasteiger partial charge in [-0.2, -0.15) is 0 Å². The maximum absolute atomic E-state index is 12.2. The van der Waals surface area contributed by atoms with Crippen molar-refractivity contribution in [3.8, 4) is 0 Å². The van der Waals surface area contributed by atoms with Crippen molar-refractivity contribution in [1.82, 2.24) is 5.32 Å². The number of anilines is 1. The molecule has 2 aromatic rings. The van der Waals surface area contributed by atoms with Crippen molar-refractivity contribution in [3.63, 3.8) is 0 Å². The van der Waals surface area contributed by atoms with Crippen LogP contribution < -0.4 is 10.2 Å². The van der Waals surface area contributed by atoms with E-state index >= 15 is 0 Å². The lowest BCUT2D eigenvalue weighted by atomic mass is 10.1. The molecule has 0 aliphatic rings. The number of amides is 1. The average molecular weight is 347 g/mol. The van der Waals surface area contributed by atoms with Gasteiger partial charge in [0, 0.05) is 30.8 Å². The lowest BCUT2D eigenvalue weighted by molar-refractivity contribution is 0.0950. The van der Waals surface area contributed by atoms with Gasteiger partial charge in [-0.1, -0.05) is 18.2 Å². The van der Waals surface area contributed by atoms with Gasteiger partial charge in [0.1, 0.15) is 0 Å². The quantitative estimate of drug-likeness (QED) is 0.914. The average Bonchev–Trinajstić information content (AvgIpc) is 2.45. The van der Waals surface area contributed by atoms with Crippen molar-refractivity contribution in [1.29, 1.82) is 0 Å². The van der Waals surface area contributed by atoms with Crippen molar-refractivity contribution in [3.05, 3.63) is 63.6 Å². The fourth-order valence-electron chi connectivity index (χ4n) is 1.99. The fourth-order valence-corrected chi connectivity index (χ4v) is 2.67. The maximum atomic E-state index is 12.2. The van der Waals surface area contributed by atoms with E-state index in [1.807, 2.05) is 68.4 Å². The number of hydrogen-bond donors (Lipinski definition) is 1. The number of rotatable bonds is 4. The predicted octanol–water partition coefficient (Wildman–Crippen LogP) is 3.75. The number of nitrogens with zero attached hydrogens (tertiary/aromatic N) is 1. The first-order valence-corrected chi connectivity index (χ1v) is 7.57. The summed E-state index contributed by atoms with van der Waals surface area (Å²) in [5.41, 5.74) is 4.01. The zero-order chi connectivity index (χ0) is 15.4. The molecule has 0 aliphatic heterocycles. The highest BCUT2D eigenvalue weighted by Crippen LogP contribution is 2.18. The summed E-state index contributed by atoms with van der Waals surface area (Å²) in [5, 5.41) is 2.94. The summed E-state index contributed by atoms with van der Waals surface area (Å²) in [6, 6.07) is 13.9. The molecule has 0 heterocycles. The van der Waals surface area contributed by atoms with Crippen molar-refractivity contribution >= 4 is 27.5 Å². The van der Waals surface area contributed by atoms with Crippen LogP contribution in [0.15, 0.2) is 46.9 Å². The molecule has 2 aromatic carbocycles. The van der Waals surface area contributed by atoms with Crippen molar-refractivity contribution in [2.24, 2.45) is 0 Å². The monoisotopic (exact) mass is 346 g/mol. The first-order valence-electron chi connectivity index (χ1n) is 6.78. The highest BCUT2D eigenvalue weighted by Gasteiger charge is 2.09. The number of nitrogens with one attached hydrogen (secondary N) is 1. The molecule has 1 amide bonds. The van der Waals surface area contributed by atoms with Crippen LogP contribution in [0.1, 0.15) is 21.5 Å². The van der Waals surface area contributed by atoms with Gasteiger partial charge >= 0.3 is 0 Å². The summed E-state index contributed by atoms with van der Waals surface area (Å²) >= 11 is 3.43. The summed E-state index contributed by atoms with van der Waals surface area (Å²) in [7, 11) is 4.01. The second-order valence-electron chi connectivity index (χ2n) is 5.23. The van der Waals surface area contributed by atoms with Gasteiger partial charge in [0.05, 0.1) is 5.56 Å². The summed E-state index contributed by atoms with van der Waals surface area (Å²) < 4.78 is 0.822. The third kappa shape index (κ3) is 4.08. The molecule has 0 radical (unpaired) electrons. The van der Waals surface area contributed by atoms with Gasteiger partial charge in [-0.15, -0.1) is 0 Å². The molecule has 0 spiro atoms. The Balaban J connectivity index is 2.00. The van der Waals surface area contributed by atoms with E-state index in [1.54, 1.807) is 0 Å². The predicted molar refractivity (Wildman–Crippen MR) is 90.8 cm³/mol. The van der Waals surface area contributed by atoms with E-state index in [0.29, 0.717) is 12.1 Å². The largest absolute Gasteiger partial charge is 0.378 e. The molecule has 0 fully saturated rings. The van der Waals surface area contributed by atoms with E-state index in [4.69, 9.17) is 0 Å². The Hall–Kier alpha value is -1.81. The Kier molecular flexibility index (Phi) is 5.02. The topological polar surface area (TPSA) is 32.3 Å². The van der Waals surface area contributed by atoms with Crippen LogP contribution in [0.25, 0.3) is 0 Å². The van der Waals surface area contributed by atoms with Crippen LogP contribution in [-0.2, 0) is 6.54 Å². The Morgan fingerprint density at radius 3 is 2.38 bits per heavy atom. The Morgan fingerprint density at radius 1 is 1.14 bits per heavy atom. The van der Waals surface area contributed by atoms with Crippen LogP contribution >= 0.6 is 15.9 Å². The third-order valence-electron chi connectivity index (χ3n) is 3.28. The second kappa shape index (κ2) is 6.76. The summed E-state index contributed by atoms with van der Waals surface area (Å²) in [4.78, 5) is 14.2. The molecule has 3 nitrogen and oxygen atoms in total. The number of halogens is 1. The second-order valence-corrected chi connectivity index (χ2v) is 6.08. The molecule has 0 bridgehead atoms. The smallest absolute Gasteiger partial charge is 0.252 e. The molecular weight excluding hydrogens is 328 g/mol. The molecule has 2 rings (SSSR count). The minimum Gasteiger partial charge on any atom is -0.378 e. The number of carbonyl (C=O) groups is 1. The highest BCUT2D eigenvalue weighted by atomic mass is 79.9. The van der Waals surface area contributed by atoms with E-state index in [2.05, 4.69) is 21.2 Å². The van der Waals surface area contributed by atoms with Gasteiger partial charge in [-0.05, 0) is 58.2 Å². The third-order valence-corrected chi connectivity index (χ3v) is 3.93. The normalized spacial score (nSPS) is 10.3. The molecule has 0 saturated heterocycles. The minimum absolute atomic E-state index is 0.0708. The number of hydrogen-bond acceptors (Lipinski definition) is 2. The maximum Gasteiger partial charge on any atom is 0.252 e. The lowest BCUT2D eigenvalue weighted by Gasteiger charge is -2.13. The molecule has 0 unspecified atom stereocenters. The minimum atomic E-state index is -0.0708. The number of carbonyl (C=O) groups excluding carboxylic acids is 1. The van der Waals surface area contributed by atoms with Crippen molar-refractivity contribution < 1.29 is 4.79 Å². The van der Waals surface area contributed by atoms with Crippen LogP contribution in [0.4, 0.5) is 5.69 Å². The molecule has 0 aliphatic carbocycles. The van der Waals surface area contributed by atoms with Crippen LogP contribution in [0.2, 0.25) is 0 Å². The van der Waals surface area contributed by atoms with Crippen LogP contribution in [0.5, 0.6) is 0 Å². The zero-order valence-electron chi connectivity index (χ0n) is 12.5. The first kappa shape index (κ1) is 15.6.